The Labute approximate surface area is 111 Å². The fourth-order valence-electron chi connectivity index (χ4n) is 2.36. The SMILES string of the molecule is CCCOc1ccc2oc(C3CNC(=O)C3)cc2c1. The molecule has 100 valence electrons. The molecule has 1 aliphatic heterocycles. The van der Waals surface area contributed by atoms with E-state index in [1.165, 1.54) is 0 Å². The Kier molecular flexibility index (Phi) is 3.15. The first-order chi connectivity index (χ1) is 9.26. The topological polar surface area (TPSA) is 51.5 Å². The molecule has 19 heavy (non-hydrogen) atoms. The van der Waals surface area contributed by atoms with Crippen LogP contribution in [-0.2, 0) is 4.79 Å². The fraction of sp³-hybridized carbons (Fsp3) is 0.400. The van der Waals surface area contributed by atoms with E-state index in [2.05, 4.69) is 12.2 Å². The summed E-state index contributed by atoms with van der Waals surface area (Å²) in [4.78, 5) is 11.2. The summed E-state index contributed by atoms with van der Waals surface area (Å²) in [5.74, 6) is 1.99. The lowest BCUT2D eigenvalue weighted by molar-refractivity contribution is -0.119. The van der Waals surface area contributed by atoms with Crippen LogP contribution in [0.4, 0.5) is 0 Å². The van der Waals surface area contributed by atoms with E-state index >= 15 is 0 Å². The minimum absolute atomic E-state index is 0.0948. The molecule has 4 heteroatoms. The molecule has 1 atom stereocenters. The van der Waals surface area contributed by atoms with Crippen LogP contribution in [0.3, 0.4) is 0 Å². The van der Waals surface area contributed by atoms with Gasteiger partial charge in [-0.25, -0.2) is 0 Å². The maximum atomic E-state index is 11.2. The Bertz CT molecular complexity index is 602. The van der Waals surface area contributed by atoms with E-state index in [1.807, 2.05) is 24.3 Å². The van der Waals surface area contributed by atoms with Crippen LogP contribution in [0.5, 0.6) is 5.75 Å². The van der Waals surface area contributed by atoms with E-state index in [-0.39, 0.29) is 11.8 Å². The smallest absolute Gasteiger partial charge is 0.220 e. The van der Waals surface area contributed by atoms with Crippen molar-refractivity contribution in [2.24, 2.45) is 0 Å². The van der Waals surface area contributed by atoms with Gasteiger partial charge in [0, 0.05) is 24.3 Å². The Hall–Kier alpha value is -1.97. The van der Waals surface area contributed by atoms with Crippen LogP contribution in [0.2, 0.25) is 0 Å². The zero-order valence-electron chi connectivity index (χ0n) is 10.9. The van der Waals surface area contributed by atoms with Gasteiger partial charge in [-0.05, 0) is 30.7 Å². The highest BCUT2D eigenvalue weighted by atomic mass is 16.5. The standard InChI is InChI=1S/C15H17NO3/c1-2-5-18-12-3-4-13-10(6-12)7-14(19-13)11-8-15(17)16-9-11/h3-4,6-7,11H,2,5,8-9H2,1H3,(H,16,17). The molecule has 2 heterocycles. The molecule has 3 rings (SSSR count). The number of fused-ring (bicyclic) bond motifs is 1. The molecule has 0 spiro atoms. The van der Waals surface area contributed by atoms with Crippen molar-refractivity contribution in [2.75, 3.05) is 13.2 Å². The maximum Gasteiger partial charge on any atom is 0.220 e. The molecule has 0 radical (unpaired) electrons. The zero-order chi connectivity index (χ0) is 13.2. The molecule has 1 amide bonds. The molecular weight excluding hydrogens is 242 g/mol. The third-order valence-electron chi connectivity index (χ3n) is 3.36. The van der Waals surface area contributed by atoms with Crippen LogP contribution in [0.1, 0.15) is 31.4 Å². The fourth-order valence-corrected chi connectivity index (χ4v) is 2.36. The highest BCUT2D eigenvalue weighted by Gasteiger charge is 2.25. The molecule has 4 nitrogen and oxygen atoms in total. The number of rotatable bonds is 4. The lowest BCUT2D eigenvalue weighted by Gasteiger charge is -2.03. The molecular formula is C15H17NO3. The van der Waals surface area contributed by atoms with Gasteiger partial charge in [-0.2, -0.15) is 0 Å². The van der Waals surface area contributed by atoms with Crippen LogP contribution >= 0.6 is 0 Å². The van der Waals surface area contributed by atoms with Gasteiger partial charge in [-0.1, -0.05) is 6.92 Å². The van der Waals surface area contributed by atoms with Crippen molar-refractivity contribution < 1.29 is 13.9 Å². The van der Waals surface area contributed by atoms with Crippen LogP contribution in [-0.4, -0.2) is 19.1 Å². The lowest BCUT2D eigenvalue weighted by Crippen LogP contribution is -2.13. The first kappa shape index (κ1) is 12.1. The second kappa shape index (κ2) is 4.96. The van der Waals surface area contributed by atoms with E-state index in [0.717, 1.165) is 35.5 Å². The second-order valence-electron chi connectivity index (χ2n) is 4.90. The summed E-state index contributed by atoms with van der Waals surface area (Å²) in [7, 11) is 0. The summed E-state index contributed by atoms with van der Waals surface area (Å²) in [5.41, 5.74) is 0.846. The minimum Gasteiger partial charge on any atom is -0.494 e. The Morgan fingerprint density at radius 2 is 2.32 bits per heavy atom. The number of carbonyl (C=O) groups is 1. The van der Waals surface area contributed by atoms with E-state index < -0.39 is 0 Å². The van der Waals surface area contributed by atoms with Crippen molar-refractivity contribution in [2.45, 2.75) is 25.7 Å². The van der Waals surface area contributed by atoms with Crippen LogP contribution in [0.15, 0.2) is 28.7 Å². The maximum absolute atomic E-state index is 11.2. The van der Waals surface area contributed by atoms with Gasteiger partial charge < -0.3 is 14.5 Å². The average molecular weight is 259 g/mol. The molecule has 0 bridgehead atoms. The number of hydrogen-bond donors (Lipinski definition) is 1. The first-order valence-electron chi connectivity index (χ1n) is 6.69. The average Bonchev–Trinajstić information content (AvgIpc) is 3.01. The lowest BCUT2D eigenvalue weighted by atomic mass is 10.1. The molecule has 0 saturated carbocycles. The van der Waals surface area contributed by atoms with E-state index in [4.69, 9.17) is 9.15 Å². The van der Waals surface area contributed by atoms with Gasteiger partial charge in [0.2, 0.25) is 5.91 Å². The molecule has 1 aliphatic rings. The molecule has 1 unspecified atom stereocenters. The largest absolute Gasteiger partial charge is 0.494 e. The Morgan fingerprint density at radius 3 is 3.05 bits per heavy atom. The molecule has 1 aromatic carbocycles. The van der Waals surface area contributed by atoms with Gasteiger partial charge in [0.15, 0.2) is 0 Å². The highest BCUT2D eigenvalue weighted by Crippen LogP contribution is 2.31. The number of amides is 1. The van der Waals surface area contributed by atoms with Gasteiger partial charge >= 0.3 is 0 Å². The van der Waals surface area contributed by atoms with Gasteiger partial charge in [0.1, 0.15) is 17.1 Å². The molecule has 1 saturated heterocycles. The van der Waals surface area contributed by atoms with Crippen molar-refractivity contribution in [1.29, 1.82) is 0 Å². The predicted molar refractivity (Wildman–Crippen MR) is 72.4 cm³/mol. The summed E-state index contributed by atoms with van der Waals surface area (Å²) < 4.78 is 11.4. The normalized spacial score (nSPS) is 18.8. The summed E-state index contributed by atoms with van der Waals surface area (Å²) in [5, 5.41) is 3.86. The summed E-state index contributed by atoms with van der Waals surface area (Å²) in [6, 6.07) is 7.85. The van der Waals surface area contributed by atoms with Crippen molar-refractivity contribution in [3.63, 3.8) is 0 Å². The summed E-state index contributed by atoms with van der Waals surface area (Å²) in [6.07, 6.45) is 1.50. The van der Waals surface area contributed by atoms with Crippen LogP contribution < -0.4 is 10.1 Å². The van der Waals surface area contributed by atoms with Gasteiger partial charge in [0.05, 0.1) is 6.61 Å². The van der Waals surface area contributed by atoms with E-state index in [9.17, 15) is 4.79 Å². The third kappa shape index (κ3) is 2.43. The number of carbonyl (C=O) groups excluding carboxylic acids is 1. The van der Waals surface area contributed by atoms with Crippen molar-refractivity contribution in [1.82, 2.24) is 5.32 Å². The van der Waals surface area contributed by atoms with Gasteiger partial charge in [-0.15, -0.1) is 0 Å². The number of benzene rings is 1. The van der Waals surface area contributed by atoms with E-state index in [1.54, 1.807) is 0 Å². The molecule has 1 N–H and O–H groups in total. The van der Waals surface area contributed by atoms with E-state index in [0.29, 0.717) is 13.0 Å². The number of hydrogen-bond acceptors (Lipinski definition) is 3. The molecule has 0 aliphatic carbocycles. The number of ether oxygens (including phenoxy) is 1. The minimum atomic E-state index is 0.0948. The van der Waals surface area contributed by atoms with Crippen molar-refractivity contribution in [3.8, 4) is 5.75 Å². The van der Waals surface area contributed by atoms with Gasteiger partial charge in [-0.3, -0.25) is 4.79 Å². The summed E-state index contributed by atoms with van der Waals surface area (Å²) >= 11 is 0. The quantitative estimate of drug-likeness (QED) is 0.918. The van der Waals surface area contributed by atoms with Gasteiger partial charge in [0.25, 0.3) is 0 Å². The highest BCUT2D eigenvalue weighted by molar-refractivity contribution is 5.82. The van der Waals surface area contributed by atoms with Crippen molar-refractivity contribution in [3.05, 3.63) is 30.0 Å². The predicted octanol–water partition coefficient (Wildman–Crippen LogP) is 2.83. The third-order valence-corrected chi connectivity index (χ3v) is 3.36. The Balaban J connectivity index is 1.86. The zero-order valence-corrected chi connectivity index (χ0v) is 10.9. The molecule has 1 aromatic heterocycles. The second-order valence-corrected chi connectivity index (χ2v) is 4.90. The van der Waals surface area contributed by atoms with Crippen LogP contribution in [0, 0.1) is 0 Å². The monoisotopic (exact) mass is 259 g/mol. The first-order valence-corrected chi connectivity index (χ1v) is 6.69. The Morgan fingerprint density at radius 1 is 1.42 bits per heavy atom. The van der Waals surface area contributed by atoms with Crippen molar-refractivity contribution >= 4 is 16.9 Å². The number of furan rings is 1. The number of nitrogens with one attached hydrogen (secondary N) is 1. The molecule has 1 fully saturated rings. The summed E-state index contributed by atoms with van der Waals surface area (Å²) in [6.45, 7) is 3.47. The molecule has 2 aromatic rings. The van der Waals surface area contributed by atoms with Crippen LogP contribution in [0.25, 0.3) is 11.0 Å².